The molecule has 0 bridgehead atoms. The molecule has 1 rings (SSSR count). The Balaban J connectivity index is 2.68. The molecule has 0 aliphatic carbocycles. The molecule has 1 aromatic rings. The van der Waals surface area contributed by atoms with Crippen molar-refractivity contribution in [2.45, 2.75) is 19.9 Å². The van der Waals surface area contributed by atoms with E-state index in [0.29, 0.717) is 17.4 Å². The third-order valence-corrected chi connectivity index (χ3v) is 2.52. The molecule has 88 valence electrons. The van der Waals surface area contributed by atoms with E-state index < -0.39 is 0 Å². The number of hydrogen-bond acceptors (Lipinski definition) is 4. The van der Waals surface area contributed by atoms with Crippen LogP contribution in [0.4, 0.5) is 5.82 Å². The molecule has 1 heterocycles. The average Bonchev–Trinajstić information content (AvgIpc) is 2.30. The minimum atomic E-state index is -0.364. The van der Waals surface area contributed by atoms with Crippen LogP contribution in [0.15, 0.2) is 12.5 Å². The topological polar surface area (TPSA) is 58.1 Å². The lowest BCUT2D eigenvalue weighted by Crippen LogP contribution is -2.39. The van der Waals surface area contributed by atoms with Crippen LogP contribution < -0.4 is 5.32 Å². The first-order valence-electron chi connectivity index (χ1n) is 5.03. The minimum absolute atomic E-state index is 0.00261. The number of nitrogens with zero attached hydrogens (tertiary/aromatic N) is 3. The van der Waals surface area contributed by atoms with E-state index in [2.05, 4.69) is 15.3 Å². The molecular formula is C10H15ClN4O. The number of amides is 1. The maximum Gasteiger partial charge on any atom is 0.244 e. The Bertz CT molecular complexity index is 372. The van der Waals surface area contributed by atoms with E-state index >= 15 is 0 Å². The summed E-state index contributed by atoms with van der Waals surface area (Å²) in [7, 11) is 1.75. The van der Waals surface area contributed by atoms with Crippen LogP contribution in [0.1, 0.15) is 13.8 Å². The summed E-state index contributed by atoms with van der Waals surface area (Å²) in [5.41, 5.74) is 0. The van der Waals surface area contributed by atoms with Crippen molar-refractivity contribution in [3.8, 4) is 0 Å². The van der Waals surface area contributed by atoms with E-state index in [9.17, 15) is 4.79 Å². The van der Waals surface area contributed by atoms with Gasteiger partial charge in [0, 0.05) is 13.6 Å². The molecule has 1 amide bonds. The van der Waals surface area contributed by atoms with Crippen LogP contribution in [0.3, 0.4) is 0 Å². The molecule has 6 heteroatoms. The van der Waals surface area contributed by atoms with Gasteiger partial charge in [-0.25, -0.2) is 9.97 Å². The zero-order valence-electron chi connectivity index (χ0n) is 9.57. The smallest absolute Gasteiger partial charge is 0.244 e. The zero-order valence-corrected chi connectivity index (χ0v) is 10.3. The Hall–Kier alpha value is -1.36. The molecule has 0 saturated carbocycles. The molecule has 5 nitrogen and oxygen atoms in total. The molecule has 1 atom stereocenters. The Morgan fingerprint density at radius 2 is 2.38 bits per heavy atom. The van der Waals surface area contributed by atoms with Gasteiger partial charge in [-0.1, -0.05) is 11.6 Å². The molecule has 1 aromatic heterocycles. The number of rotatable bonds is 4. The first-order chi connectivity index (χ1) is 7.56. The van der Waals surface area contributed by atoms with Gasteiger partial charge in [-0.2, -0.15) is 0 Å². The Labute approximate surface area is 99.8 Å². The second-order valence-corrected chi connectivity index (χ2v) is 3.84. The molecule has 0 spiro atoms. The van der Waals surface area contributed by atoms with Gasteiger partial charge in [0.05, 0.1) is 6.20 Å². The van der Waals surface area contributed by atoms with Crippen LogP contribution in [0.2, 0.25) is 5.02 Å². The quantitative estimate of drug-likeness (QED) is 0.867. The maximum atomic E-state index is 11.8. The minimum Gasteiger partial charge on any atom is -0.357 e. The number of hydrogen-bond donors (Lipinski definition) is 1. The summed E-state index contributed by atoms with van der Waals surface area (Å²) in [5.74, 6) is 0.471. The molecular weight excluding hydrogens is 228 g/mol. The van der Waals surface area contributed by atoms with Crippen molar-refractivity contribution >= 4 is 23.3 Å². The SMILES string of the molecule is CCN(C)C(=O)C(C)Nc1ncncc1Cl. The van der Waals surface area contributed by atoms with Crippen LogP contribution in [-0.4, -0.2) is 40.4 Å². The van der Waals surface area contributed by atoms with Crippen LogP contribution in [0, 0.1) is 0 Å². The Morgan fingerprint density at radius 1 is 1.69 bits per heavy atom. The number of halogens is 1. The highest BCUT2D eigenvalue weighted by Gasteiger charge is 2.17. The fraction of sp³-hybridized carbons (Fsp3) is 0.500. The summed E-state index contributed by atoms with van der Waals surface area (Å²) < 4.78 is 0. The summed E-state index contributed by atoms with van der Waals surface area (Å²) in [6, 6.07) is -0.364. The van der Waals surface area contributed by atoms with Crippen molar-refractivity contribution in [3.05, 3.63) is 17.5 Å². The Kier molecular flexibility index (Phi) is 4.49. The average molecular weight is 243 g/mol. The van der Waals surface area contributed by atoms with E-state index in [4.69, 9.17) is 11.6 Å². The maximum absolute atomic E-state index is 11.8. The summed E-state index contributed by atoms with van der Waals surface area (Å²) in [4.78, 5) is 21.1. The first kappa shape index (κ1) is 12.7. The monoisotopic (exact) mass is 242 g/mol. The zero-order chi connectivity index (χ0) is 12.1. The molecule has 0 fully saturated rings. The number of carbonyl (C=O) groups is 1. The van der Waals surface area contributed by atoms with Crippen LogP contribution >= 0.6 is 11.6 Å². The molecule has 16 heavy (non-hydrogen) atoms. The van der Waals surface area contributed by atoms with Crippen molar-refractivity contribution in [3.63, 3.8) is 0 Å². The van der Waals surface area contributed by atoms with Crippen molar-refractivity contribution < 1.29 is 4.79 Å². The lowest BCUT2D eigenvalue weighted by Gasteiger charge is -2.21. The standard InChI is InChI=1S/C10H15ClN4O/c1-4-15(3)10(16)7(2)14-9-8(11)5-12-6-13-9/h5-7H,4H2,1-3H3,(H,12,13,14). The number of carbonyl (C=O) groups excluding carboxylic acids is 1. The highest BCUT2D eigenvalue weighted by atomic mass is 35.5. The lowest BCUT2D eigenvalue weighted by atomic mass is 10.3. The second-order valence-electron chi connectivity index (χ2n) is 3.44. The van der Waals surface area contributed by atoms with Crippen molar-refractivity contribution in [1.29, 1.82) is 0 Å². The molecule has 0 aliphatic rings. The van der Waals surface area contributed by atoms with Crippen molar-refractivity contribution in [2.24, 2.45) is 0 Å². The molecule has 1 unspecified atom stereocenters. The first-order valence-corrected chi connectivity index (χ1v) is 5.41. The Morgan fingerprint density at radius 3 is 2.94 bits per heavy atom. The number of likely N-dealkylation sites (N-methyl/N-ethyl adjacent to an activating group) is 1. The largest absolute Gasteiger partial charge is 0.357 e. The van der Waals surface area contributed by atoms with Crippen molar-refractivity contribution in [1.82, 2.24) is 14.9 Å². The van der Waals surface area contributed by atoms with Gasteiger partial charge in [-0.05, 0) is 13.8 Å². The van der Waals surface area contributed by atoms with E-state index in [1.807, 2.05) is 6.92 Å². The third-order valence-electron chi connectivity index (χ3n) is 2.24. The molecule has 0 saturated heterocycles. The summed E-state index contributed by atoms with van der Waals surface area (Å²) in [6.45, 7) is 4.36. The van der Waals surface area contributed by atoms with Gasteiger partial charge in [0.25, 0.3) is 0 Å². The van der Waals surface area contributed by atoms with E-state index in [-0.39, 0.29) is 11.9 Å². The van der Waals surface area contributed by atoms with Gasteiger partial charge in [-0.3, -0.25) is 4.79 Å². The molecule has 0 aromatic carbocycles. The fourth-order valence-electron chi connectivity index (χ4n) is 1.17. The number of aromatic nitrogens is 2. The van der Waals surface area contributed by atoms with Gasteiger partial charge in [-0.15, -0.1) is 0 Å². The van der Waals surface area contributed by atoms with Crippen molar-refractivity contribution in [2.75, 3.05) is 18.9 Å². The van der Waals surface area contributed by atoms with Crippen LogP contribution in [-0.2, 0) is 4.79 Å². The third kappa shape index (κ3) is 3.06. The highest BCUT2D eigenvalue weighted by Crippen LogP contribution is 2.17. The van der Waals surface area contributed by atoms with Gasteiger partial charge in [0.2, 0.25) is 5.91 Å². The summed E-state index contributed by atoms with van der Waals surface area (Å²) in [5, 5.41) is 3.35. The molecule has 0 radical (unpaired) electrons. The van der Waals surface area contributed by atoms with Crippen LogP contribution in [0.25, 0.3) is 0 Å². The fourth-order valence-corrected chi connectivity index (χ4v) is 1.33. The number of nitrogens with one attached hydrogen (secondary N) is 1. The second kappa shape index (κ2) is 5.65. The molecule has 0 aliphatic heterocycles. The summed E-state index contributed by atoms with van der Waals surface area (Å²) in [6.07, 6.45) is 2.87. The predicted molar refractivity (Wildman–Crippen MR) is 63.4 cm³/mol. The van der Waals surface area contributed by atoms with Gasteiger partial charge >= 0.3 is 0 Å². The normalized spacial score (nSPS) is 12.0. The van der Waals surface area contributed by atoms with E-state index in [1.165, 1.54) is 12.5 Å². The summed E-state index contributed by atoms with van der Waals surface area (Å²) >= 11 is 5.87. The van der Waals surface area contributed by atoms with E-state index in [0.717, 1.165) is 0 Å². The van der Waals surface area contributed by atoms with Gasteiger partial charge in [0.15, 0.2) is 0 Å². The van der Waals surface area contributed by atoms with Gasteiger partial charge in [0.1, 0.15) is 23.2 Å². The predicted octanol–water partition coefficient (Wildman–Crippen LogP) is 1.41. The molecule has 1 N–H and O–H groups in total. The highest BCUT2D eigenvalue weighted by molar-refractivity contribution is 6.32. The number of anilines is 1. The van der Waals surface area contributed by atoms with E-state index in [1.54, 1.807) is 18.9 Å². The van der Waals surface area contributed by atoms with Crippen LogP contribution in [0.5, 0.6) is 0 Å². The lowest BCUT2D eigenvalue weighted by molar-refractivity contribution is -0.130. The van der Waals surface area contributed by atoms with Gasteiger partial charge < -0.3 is 10.2 Å².